The molecule has 0 bridgehead atoms. The second kappa shape index (κ2) is 5.99. The number of benzene rings is 1. The molecule has 0 aliphatic carbocycles. The maximum Gasteiger partial charge on any atom is 0.361 e. The molecule has 0 unspecified atom stereocenters. The van der Waals surface area contributed by atoms with Gasteiger partial charge in [-0.2, -0.15) is 4.68 Å². The van der Waals surface area contributed by atoms with Gasteiger partial charge in [-0.15, -0.1) is 5.10 Å². The number of aromatic carboxylic acids is 1. The van der Waals surface area contributed by atoms with Crippen LogP contribution in [0.3, 0.4) is 0 Å². The monoisotopic (exact) mass is 306 g/mol. The number of ether oxygens (including phenoxy) is 1. The van der Waals surface area contributed by atoms with Crippen LogP contribution in [0.15, 0.2) is 24.3 Å². The largest absolute Gasteiger partial charge is 0.476 e. The van der Waals surface area contributed by atoms with Crippen LogP contribution < -0.4 is 0 Å². The molecular formula is C12H10N4O6. The van der Waals surface area contributed by atoms with Crippen LogP contribution >= 0.6 is 0 Å². The summed E-state index contributed by atoms with van der Waals surface area (Å²) in [6.07, 6.45) is 0. The van der Waals surface area contributed by atoms with Crippen molar-refractivity contribution in [3.05, 3.63) is 45.8 Å². The summed E-state index contributed by atoms with van der Waals surface area (Å²) in [7, 11) is 0. The first-order valence-electron chi connectivity index (χ1n) is 6.07. The van der Waals surface area contributed by atoms with Crippen molar-refractivity contribution in [2.24, 2.45) is 0 Å². The van der Waals surface area contributed by atoms with Gasteiger partial charge in [0.25, 0.3) is 5.69 Å². The molecule has 10 nitrogen and oxygen atoms in total. The number of nitrogens with zero attached hydrogens (tertiary/aromatic N) is 4. The second-order valence-electron chi connectivity index (χ2n) is 3.97. The molecule has 10 heteroatoms. The van der Waals surface area contributed by atoms with E-state index in [2.05, 4.69) is 10.3 Å². The molecule has 22 heavy (non-hydrogen) atoms. The highest BCUT2D eigenvalue weighted by molar-refractivity contribution is 6.00. The molecule has 1 heterocycles. The molecule has 2 rings (SSSR count). The van der Waals surface area contributed by atoms with E-state index in [-0.39, 0.29) is 18.0 Å². The molecule has 2 aromatic rings. The number of aromatic nitrogens is 3. The molecule has 0 aliphatic rings. The number of nitro groups is 1. The van der Waals surface area contributed by atoms with E-state index in [0.29, 0.717) is 0 Å². The van der Waals surface area contributed by atoms with Crippen molar-refractivity contribution < 1.29 is 24.4 Å². The van der Waals surface area contributed by atoms with Crippen LogP contribution in [0.5, 0.6) is 0 Å². The van der Waals surface area contributed by atoms with Crippen LogP contribution in [-0.2, 0) is 4.74 Å². The number of para-hydroxylation sites is 2. The van der Waals surface area contributed by atoms with Gasteiger partial charge in [-0.05, 0) is 13.0 Å². The molecule has 1 aromatic carbocycles. The highest BCUT2D eigenvalue weighted by atomic mass is 16.6. The summed E-state index contributed by atoms with van der Waals surface area (Å²) in [5, 5.41) is 27.3. The number of nitro benzene ring substituents is 1. The second-order valence-corrected chi connectivity index (χ2v) is 3.97. The zero-order chi connectivity index (χ0) is 16.3. The van der Waals surface area contributed by atoms with Gasteiger partial charge in [0.15, 0.2) is 5.69 Å². The molecule has 1 N–H and O–H groups in total. The first kappa shape index (κ1) is 15.1. The number of carboxylic acids is 1. The summed E-state index contributed by atoms with van der Waals surface area (Å²) in [5.41, 5.74) is -1.61. The van der Waals surface area contributed by atoms with Gasteiger partial charge < -0.3 is 9.84 Å². The molecular weight excluding hydrogens is 296 g/mol. The van der Waals surface area contributed by atoms with E-state index >= 15 is 0 Å². The maximum absolute atomic E-state index is 11.7. The molecule has 0 aliphatic heterocycles. The lowest BCUT2D eigenvalue weighted by molar-refractivity contribution is -0.384. The van der Waals surface area contributed by atoms with Crippen LogP contribution in [-0.4, -0.2) is 43.6 Å². The lowest BCUT2D eigenvalue weighted by atomic mass is 10.2. The number of hydrogen-bond acceptors (Lipinski definition) is 7. The molecule has 0 atom stereocenters. The lowest BCUT2D eigenvalue weighted by Crippen LogP contribution is -2.15. The van der Waals surface area contributed by atoms with Gasteiger partial charge in [-0.25, -0.2) is 9.59 Å². The summed E-state index contributed by atoms with van der Waals surface area (Å²) >= 11 is 0. The maximum atomic E-state index is 11.7. The fourth-order valence-corrected chi connectivity index (χ4v) is 1.78. The first-order valence-corrected chi connectivity index (χ1v) is 6.07. The van der Waals surface area contributed by atoms with Gasteiger partial charge in [0, 0.05) is 6.07 Å². The van der Waals surface area contributed by atoms with Crippen molar-refractivity contribution in [3.63, 3.8) is 0 Å². The number of carboxylic acid groups (broad SMARTS) is 1. The van der Waals surface area contributed by atoms with Crippen molar-refractivity contribution in [3.8, 4) is 5.69 Å². The molecule has 0 spiro atoms. The first-order chi connectivity index (χ1) is 10.5. The summed E-state index contributed by atoms with van der Waals surface area (Å²) in [6, 6.07) is 5.38. The molecule has 0 saturated carbocycles. The lowest BCUT2D eigenvalue weighted by Gasteiger charge is -2.04. The minimum Gasteiger partial charge on any atom is -0.476 e. The molecule has 0 saturated heterocycles. The van der Waals surface area contributed by atoms with E-state index in [4.69, 9.17) is 4.74 Å². The van der Waals surface area contributed by atoms with Gasteiger partial charge in [0.2, 0.25) is 5.69 Å². The number of esters is 1. The summed E-state index contributed by atoms with van der Waals surface area (Å²) in [4.78, 5) is 33.4. The quantitative estimate of drug-likeness (QED) is 0.491. The Morgan fingerprint density at radius 1 is 1.41 bits per heavy atom. The highest BCUT2D eigenvalue weighted by Gasteiger charge is 2.29. The van der Waals surface area contributed by atoms with Gasteiger partial charge >= 0.3 is 11.9 Å². The van der Waals surface area contributed by atoms with Crippen molar-refractivity contribution in [1.82, 2.24) is 15.0 Å². The number of rotatable bonds is 5. The standard InChI is InChI=1S/C12H10N4O6/c1-2-22-12(19)9-10(11(17)18)15(14-13-9)7-5-3-4-6-8(7)16(20)21/h3-6H,2H2,1H3,(H,17,18). The average Bonchev–Trinajstić information content (AvgIpc) is 2.92. The van der Waals surface area contributed by atoms with E-state index in [1.165, 1.54) is 24.3 Å². The van der Waals surface area contributed by atoms with Gasteiger partial charge in [-0.3, -0.25) is 10.1 Å². The van der Waals surface area contributed by atoms with Crippen molar-refractivity contribution in [2.45, 2.75) is 6.92 Å². The van der Waals surface area contributed by atoms with Crippen molar-refractivity contribution in [1.29, 1.82) is 0 Å². The van der Waals surface area contributed by atoms with Crippen LogP contribution in [0.25, 0.3) is 5.69 Å². The third kappa shape index (κ3) is 2.61. The normalized spacial score (nSPS) is 10.2. The predicted octanol–water partition coefficient (Wildman–Crippen LogP) is 1.05. The molecule has 0 radical (unpaired) electrons. The van der Waals surface area contributed by atoms with Gasteiger partial charge in [0.1, 0.15) is 5.69 Å². The Morgan fingerprint density at radius 3 is 2.68 bits per heavy atom. The summed E-state index contributed by atoms with van der Waals surface area (Å²) in [6.45, 7) is 1.57. The topological polar surface area (TPSA) is 137 Å². The van der Waals surface area contributed by atoms with E-state index in [1.54, 1.807) is 6.92 Å². The third-order valence-electron chi connectivity index (χ3n) is 2.65. The van der Waals surface area contributed by atoms with Gasteiger partial charge in [-0.1, -0.05) is 17.3 Å². The van der Waals surface area contributed by atoms with Crippen LogP contribution in [0.1, 0.15) is 27.9 Å². The highest BCUT2D eigenvalue weighted by Crippen LogP contribution is 2.23. The Morgan fingerprint density at radius 2 is 2.09 bits per heavy atom. The van der Waals surface area contributed by atoms with E-state index < -0.39 is 28.2 Å². The molecule has 114 valence electrons. The minimum absolute atomic E-state index is 0.0240. The Labute approximate surface area is 123 Å². The summed E-state index contributed by atoms with van der Waals surface area (Å²) in [5.74, 6) is -2.48. The smallest absolute Gasteiger partial charge is 0.361 e. The van der Waals surface area contributed by atoms with E-state index in [0.717, 1.165) is 4.68 Å². The predicted molar refractivity (Wildman–Crippen MR) is 70.9 cm³/mol. The Bertz CT molecular complexity index is 754. The number of carbonyl (C=O) groups is 2. The zero-order valence-corrected chi connectivity index (χ0v) is 11.3. The Balaban J connectivity index is 2.65. The zero-order valence-electron chi connectivity index (χ0n) is 11.3. The minimum atomic E-state index is -1.51. The van der Waals surface area contributed by atoms with E-state index in [9.17, 15) is 24.8 Å². The Hall–Kier alpha value is -3.30. The average molecular weight is 306 g/mol. The van der Waals surface area contributed by atoms with Crippen molar-refractivity contribution in [2.75, 3.05) is 6.61 Å². The SMILES string of the molecule is CCOC(=O)c1nnn(-c2ccccc2[N+](=O)[O-])c1C(=O)O. The fraction of sp³-hybridized carbons (Fsp3) is 0.167. The number of carbonyl (C=O) groups excluding carboxylic acids is 1. The molecule has 1 aromatic heterocycles. The van der Waals surface area contributed by atoms with Crippen LogP contribution in [0, 0.1) is 10.1 Å². The third-order valence-corrected chi connectivity index (χ3v) is 2.65. The van der Waals surface area contributed by atoms with Crippen molar-refractivity contribution >= 4 is 17.6 Å². The van der Waals surface area contributed by atoms with Crippen LogP contribution in [0.4, 0.5) is 5.69 Å². The fourth-order valence-electron chi connectivity index (χ4n) is 1.78. The summed E-state index contributed by atoms with van der Waals surface area (Å²) < 4.78 is 5.42. The van der Waals surface area contributed by atoms with E-state index in [1.807, 2.05) is 0 Å². The molecule has 0 amide bonds. The molecule has 0 fully saturated rings. The van der Waals surface area contributed by atoms with Gasteiger partial charge in [0.05, 0.1) is 11.5 Å². The number of hydrogen-bond donors (Lipinski definition) is 1. The Kier molecular flexibility index (Phi) is 4.11. The van der Waals surface area contributed by atoms with Crippen LogP contribution in [0.2, 0.25) is 0 Å².